The molecule has 1 heterocycles. The molecule has 0 saturated carbocycles. The summed E-state index contributed by atoms with van der Waals surface area (Å²) in [6.45, 7) is 1.06. The highest BCUT2D eigenvalue weighted by Gasteiger charge is 1.99. The van der Waals surface area contributed by atoms with Gasteiger partial charge in [-0.25, -0.2) is 5.84 Å². The summed E-state index contributed by atoms with van der Waals surface area (Å²) in [5.74, 6) is 5.87. The van der Waals surface area contributed by atoms with Crippen molar-refractivity contribution in [3.8, 4) is 0 Å². The molecule has 0 bridgehead atoms. The lowest BCUT2D eigenvalue weighted by atomic mass is 10.1. The van der Waals surface area contributed by atoms with Crippen molar-refractivity contribution in [2.24, 2.45) is 11.6 Å². The summed E-state index contributed by atoms with van der Waals surface area (Å²) in [5, 5.41) is 10.3. The molecule has 0 spiro atoms. The largest absolute Gasteiger partial charge is 0.397 e. The SMILES string of the molecule is N/C(=C\N(N)CCCCCCCO)c1cccnc1. The maximum absolute atomic E-state index is 8.66. The predicted octanol–water partition coefficient (Wildman–Crippen LogP) is 1.46. The Labute approximate surface area is 114 Å². The van der Waals surface area contributed by atoms with Gasteiger partial charge in [-0.1, -0.05) is 19.3 Å². The minimum Gasteiger partial charge on any atom is -0.397 e. The van der Waals surface area contributed by atoms with Crippen molar-refractivity contribution in [2.75, 3.05) is 13.2 Å². The van der Waals surface area contributed by atoms with Gasteiger partial charge in [-0.15, -0.1) is 0 Å². The second kappa shape index (κ2) is 9.35. The first kappa shape index (κ1) is 15.5. The highest BCUT2D eigenvalue weighted by molar-refractivity contribution is 5.60. The molecule has 0 radical (unpaired) electrons. The zero-order valence-electron chi connectivity index (χ0n) is 11.3. The Kier molecular flexibility index (Phi) is 7.62. The van der Waals surface area contributed by atoms with Gasteiger partial charge < -0.3 is 15.8 Å². The van der Waals surface area contributed by atoms with Gasteiger partial charge in [0.2, 0.25) is 0 Å². The third-order valence-electron chi connectivity index (χ3n) is 2.87. The third kappa shape index (κ3) is 6.79. The number of rotatable bonds is 9. The Balaban J connectivity index is 2.24. The van der Waals surface area contributed by atoms with Crippen LogP contribution in [0.5, 0.6) is 0 Å². The van der Waals surface area contributed by atoms with Crippen molar-refractivity contribution < 1.29 is 5.11 Å². The molecular weight excluding hydrogens is 240 g/mol. The second-order valence-electron chi connectivity index (χ2n) is 4.56. The fourth-order valence-corrected chi connectivity index (χ4v) is 1.79. The molecular formula is C14H24N4O. The molecule has 0 atom stereocenters. The molecule has 0 aromatic carbocycles. The average Bonchev–Trinajstić information content (AvgIpc) is 2.43. The first-order valence-electron chi connectivity index (χ1n) is 6.74. The molecule has 0 unspecified atom stereocenters. The van der Waals surface area contributed by atoms with Crippen molar-refractivity contribution in [3.05, 3.63) is 36.3 Å². The van der Waals surface area contributed by atoms with E-state index in [1.807, 2.05) is 12.1 Å². The molecule has 0 amide bonds. The monoisotopic (exact) mass is 264 g/mol. The van der Waals surface area contributed by atoms with Crippen LogP contribution in [-0.2, 0) is 0 Å². The Morgan fingerprint density at radius 1 is 1.26 bits per heavy atom. The zero-order valence-corrected chi connectivity index (χ0v) is 11.3. The zero-order chi connectivity index (χ0) is 13.9. The second-order valence-corrected chi connectivity index (χ2v) is 4.56. The van der Waals surface area contributed by atoms with Crippen LogP contribution in [0.4, 0.5) is 0 Å². The number of hydrazine groups is 1. The lowest BCUT2D eigenvalue weighted by Gasteiger charge is -2.14. The molecule has 1 aromatic heterocycles. The number of hydrogen-bond acceptors (Lipinski definition) is 5. The van der Waals surface area contributed by atoms with Gasteiger partial charge in [-0.05, 0) is 25.0 Å². The van der Waals surface area contributed by atoms with Crippen LogP contribution in [0.3, 0.4) is 0 Å². The van der Waals surface area contributed by atoms with E-state index in [1.54, 1.807) is 23.6 Å². The van der Waals surface area contributed by atoms with Crippen molar-refractivity contribution >= 4 is 5.70 Å². The summed E-state index contributed by atoms with van der Waals surface area (Å²) in [4.78, 5) is 4.02. The first-order chi connectivity index (χ1) is 9.24. The summed E-state index contributed by atoms with van der Waals surface area (Å²) in [6, 6.07) is 3.75. The van der Waals surface area contributed by atoms with Gasteiger partial charge >= 0.3 is 0 Å². The number of aliphatic hydroxyl groups is 1. The van der Waals surface area contributed by atoms with E-state index in [9.17, 15) is 0 Å². The van der Waals surface area contributed by atoms with Crippen LogP contribution in [0.25, 0.3) is 5.70 Å². The van der Waals surface area contributed by atoms with Crippen molar-refractivity contribution in [3.63, 3.8) is 0 Å². The topological polar surface area (TPSA) is 88.4 Å². The summed E-state index contributed by atoms with van der Waals surface area (Å²) in [5.41, 5.74) is 7.43. The van der Waals surface area contributed by atoms with E-state index in [0.29, 0.717) is 5.70 Å². The smallest absolute Gasteiger partial charge is 0.0579 e. The standard InChI is InChI=1S/C14H24N4O/c15-14(13-7-6-8-17-11-13)12-18(16)9-4-2-1-3-5-10-19/h6-8,11-12,19H,1-5,9-10,15-16H2/b14-12-. The lowest BCUT2D eigenvalue weighted by Crippen LogP contribution is -2.27. The van der Waals surface area contributed by atoms with Gasteiger partial charge in [0, 0.05) is 37.3 Å². The summed E-state index contributed by atoms with van der Waals surface area (Å²) in [6.07, 6.45) is 10.4. The maximum Gasteiger partial charge on any atom is 0.0579 e. The average molecular weight is 264 g/mol. The Morgan fingerprint density at radius 3 is 2.68 bits per heavy atom. The van der Waals surface area contributed by atoms with Crippen LogP contribution < -0.4 is 11.6 Å². The number of aliphatic hydroxyl groups excluding tert-OH is 1. The molecule has 106 valence electrons. The van der Waals surface area contributed by atoms with E-state index in [2.05, 4.69) is 4.98 Å². The van der Waals surface area contributed by atoms with Crippen molar-refractivity contribution in [1.82, 2.24) is 9.99 Å². The van der Waals surface area contributed by atoms with Crippen molar-refractivity contribution in [2.45, 2.75) is 32.1 Å². The van der Waals surface area contributed by atoms with E-state index in [-0.39, 0.29) is 6.61 Å². The number of nitrogens with zero attached hydrogens (tertiary/aromatic N) is 2. The fraction of sp³-hybridized carbons (Fsp3) is 0.500. The molecule has 19 heavy (non-hydrogen) atoms. The number of unbranched alkanes of at least 4 members (excludes halogenated alkanes) is 4. The Bertz CT molecular complexity index is 367. The minimum atomic E-state index is 0.285. The molecule has 0 aliphatic heterocycles. The Hall–Kier alpha value is -1.59. The molecule has 0 aliphatic rings. The quantitative estimate of drug-likeness (QED) is 0.357. The molecule has 0 saturated heterocycles. The summed E-state index contributed by atoms with van der Waals surface area (Å²) < 4.78 is 0. The van der Waals surface area contributed by atoms with Crippen molar-refractivity contribution in [1.29, 1.82) is 0 Å². The maximum atomic E-state index is 8.66. The predicted molar refractivity (Wildman–Crippen MR) is 77.5 cm³/mol. The van der Waals surface area contributed by atoms with Crippen LogP contribution in [0, 0.1) is 0 Å². The van der Waals surface area contributed by atoms with Gasteiger partial charge in [-0.3, -0.25) is 4.98 Å². The van der Waals surface area contributed by atoms with Gasteiger partial charge in [0.05, 0.1) is 5.70 Å². The molecule has 0 fully saturated rings. The molecule has 5 heteroatoms. The van der Waals surface area contributed by atoms with E-state index in [0.717, 1.165) is 44.2 Å². The normalized spacial score (nSPS) is 11.6. The number of hydrogen-bond donors (Lipinski definition) is 3. The van der Waals surface area contributed by atoms with Gasteiger partial charge in [0.15, 0.2) is 0 Å². The number of pyridine rings is 1. The van der Waals surface area contributed by atoms with Crippen LogP contribution >= 0.6 is 0 Å². The van der Waals surface area contributed by atoms with E-state index < -0.39 is 0 Å². The highest BCUT2D eigenvalue weighted by Crippen LogP contribution is 2.07. The first-order valence-corrected chi connectivity index (χ1v) is 6.74. The molecule has 5 nitrogen and oxygen atoms in total. The lowest BCUT2D eigenvalue weighted by molar-refractivity contribution is 0.281. The summed E-state index contributed by atoms with van der Waals surface area (Å²) >= 11 is 0. The van der Waals surface area contributed by atoms with Crippen LogP contribution in [-0.4, -0.2) is 28.3 Å². The minimum absolute atomic E-state index is 0.285. The van der Waals surface area contributed by atoms with Gasteiger partial charge in [-0.2, -0.15) is 0 Å². The Morgan fingerprint density at radius 2 is 2.00 bits per heavy atom. The van der Waals surface area contributed by atoms with Gasteiger partial charge in [0.25, 0.3) is 0 Å². The third-order valence-corrected chi connectivity index (χ3v) is 2.87. The molecule has 0 aliphatic carbocycles. The van der Waals surface area contributed by atoms with E-state index in [4.69, 9.17) is 16.7 Å². The molecule has 1 rings (SSSR count). The van der Waals surface area contributed by atoms with Crippen LogP contribution in [0.1, 0.15) is 37.7 Å². The highest BCUT2D eigenvalue weighted by atomic mass is 16.2. The molecule has 1 aromatic rings. The van der Waals surface area contributed by atoms with E-state index in [1.165, 1.54) is 0 Å². The fourth-order valence-electron chi connectivity index (χ4n) is 1.79. The van der Waals surface area contributed by atoms with Crippen LogP contribution in [0.15, 0.2) is 30.7 Å². The van der Waals surface area contributed by atoms with Crippen LogP contribution in [0.2, 0.25) is 0 Å². The summed E-state index contributed by atoms with van der Waals surface area (Å²) in [7, 11) is 0. The van der Waals surface area contributed by atoms with E-state index >= 15 is 0 Å². The van der Waals surface area contributed by atoms with Gasteiger partial charge in [0.1, 0.15) is 0 Å². The number of aromatic nitrogens is 1. The molecule has 5 N–H and O–H groups in total. The number of nitrogens with two attached hydrogens (primary N) is 2.